The molecule has 3 nitrogen and oxygen atoms in total. The summed E-state index contributed by atoms with van der Waals surface area (Å²) in [6.45, 7) is 4.75. The summed E-state index contributed by atoms with van der Waals surface area (Å²) >= 11 is 1.86. The van der Waals surface area contributed by atoms with Crippen molar-refractivity contribution < 1.29 is 0 Å². The monoisotopic (exact) mass is 847 g/mol. The average Bonchev–Trinajstić information content (AvgIpc) is 3.89. The molecule has 0 aliphatic heterocycles. The van der Waals surface area contributed by atoms with Crippen LogP contribution in [0.1, 0.15) is 47.2 Å². The maximum atomic E-state index is 5.41. The summed E-state index contributed by atoms with van der Waals surface area (Å²) < 4.78 is 2.60. The van der Waals surface area contributed by atoms with Gasteiger partial charge in [-0.3, -0.25) is 0 Å². The first kappa shape index (κ1) is 37.7. The van der Waals surface area contributed by atoms with Gasteiger partial charge in [-0.25, -0.2) is 15.0 Å². The molecule has 11 aromatic rings. The van der Waals surface area contributed by atoms with E-state index in [1.807, 2.05) is 29.5 Å². The largest absolute Gasteiger partial charge is 0.208 e. The Balaban J connectivity index is 1.08. The van der Waals surface area contributed by atoms with Crippen LogP contribution in [0.4, 0.5) is 0 Å². The van der Waals surface area contributed by atoms with Gasteiger partial charge >= 0.3 is 0 Å². The van der Waals surface area contributed by atoms with E-state index in [9.17, 15) is 0 Å². The fourth-order valence-corrected chi connectivity index (χ4v) is 12.2. The van der Waals surface area contributed by atoms with Crippen molar-refractivity contribution in [3.63, 3.8) is 0 Å². The van der Waals surface area contributed by atoms with Crippen LogP contribution in [0.2, 0.25) is 0 Å². The van der Waals surface area contributed by atoms with Crippen molar-refractivity contribution in [2.75, 3.05) is 0 Å². The van der Waals surface area contributed by atoms with Gasteiger partial charge in [-0.05, 0) is 85.0 Å². The number of hydrogen-bond acceptors (Lipinski definition) is 4. The molecule has 0 saturated heterocycles. The molecular formula is C61H41N3S. The fourth-order valence-electron chi connectivity index (χ4n) is 11.0. The van der Waals surface area contributed by atoms with Crippen molar-refractivity contribution in [1.82, 2.24) is 15.0 Å². The first-order valence-electron chi connectivity index (χ1n) is 22.3. The number of thiophene rings is 1. The fraction of sp³-hybridized carbons (Fsp3) is 0.0656. The molecular weight excluding hydrogens is 807 g/mol. The van der Waals surface area contributed by atoms with Gasteiger partial charge in [0.05, 0.1) is 5.41 Å². The first-order chi connectivity index (χ1) is 32.0. The minimum Gasteiger partial charge on any atom is -0.208 e. The summed E-state index contributed by atoms with van der Waals surface area (Å²) in [7, 11) is 0. The van der Waals surface area contributed by atoms with Crippen LogP contribution in [0.5, 0.6) is 0 Å². The predicted octanol–water partition coefficient (Wildman–Crippen LogP) is 15.6. The maximum absolute atomic E-state index is 5.41. The molecule has 2 heterocycles. The molecule has 0 unspecified atom stereocenters. The van der Waals surface area contributed by atoms with Gasteiger partial charge in [0.2, 0.25) is 0 Å². The van der Waals surface area contributed by atoms with Gasteiger partial charge in [0.1, 0.15) is 0 Å². The quantitative estimate of drug-likeness (QED) is 0.173. The van der Waals surface area contributed by atoms with Crippen LogP contribution in [0.25, 0.3) is 87.7 Å². The zero-order valence-electron chi connectivity index (χ0n) is 36.0. The third kappa shape index (κ3) is 5.64. The van der Waals surface area contributed by atoms with Crippen LogP contribution in [0.3, 0.4) is 0 Å². The zero-order valence-corrected chi connectivity index (χ0v) is 36.8. The highest BCUT2D eigenvalue weighted by Crippen LogP contribution is 2.63. The smallest absolute Gasteiger partial charge is 0.164 e. The Morgan fingerprint density at radius 2 is 0.815 bits per heavy atom. The minimum absolute atomic E-state index is 0.206. The third-order valence-electron chi connectivity index (χ3n) is 14.0. The molecule has 306 valence electrons. The molecule has 0 N–H and O–H groups in total. The van der Waals surface area contributed by atoms with Gasteiger partial charge in [0.15, 0.2) is 17.5 Å². The summed E-state index contributed by atoms with van der Waals surface area (Å²) in [4.78, 5) is 16.0. The van der Waals surface area contributed by atoms with Crippen LogP contribution in [-0.2, 0) is 10.8 Å². The second-order valence-electron chi connectivity index (χ2n) is 17.9. The van der Waals surface area contributed by atoms with Gasteiger partial charge in [-0.1, -0.05) is 208 Å². The van der Waals surface area contributed by atoms with E-state index in [1.54, 1.807) is 0 Å². The minimum atomic E-state index is -0.581. The van der Waals surface area contributed by atoms with E-state index in [-0.39, 0.29) is 5.41 Å². The Bertz CT molecular complexity index is 3630. The van der Waals surface area contributed by atoms with Gasteiger partial charge < -0.3 is 0 Å². The number of hydrogen-bond donors (Lipinski definition) is 0. The Morgan fingerprint density at radius 1 is 0.323 bits per heavy atom. The second kappa shape index (κ2) is 14.4. The lowest BCUT2D eigenvalue weighted by Gasteiger charge is -2.46. The van der Waals surface area contributed by atoms with E-state index in [4.69, 9.17) is 15.0 Å². The molecule has 1 spiro atoms. The molecule has 0 amide bonds. The Hall–Kier alpha value is -7.79. The van der Waals surface area contributed by atoms with Crippen LogP contribution in [0, 0.1) is 0 Å². The SMILES string of the molecule is CC1(C)c2ccccc2C2(c3ccc(-c4ccc5c(c4)sc4ccccc45)cc3-c3c(-c4nc(-c5ccccc5)nc(-c5ccc(-c6ccccc6)cc5)n4)cccc32)c2ccccc21. The van der Waals surface area contributed by atoms with E-state index in [0.717, 1.165) is 27.8 Å². The number of nitrogens with zero attached hydrogens (tertiary/aromatic N) is 3. The van der Waals surface area contributed by atoms with Gasteiger partial charge in [-0.2, -0.15) is 0 Å². The van der Waals surface area contributed by atoms with Crippen LogP contribution in [-0.4, -0.2) is 15.0 Å². The van der Waals surface area contributed by atoms with E-state index in [2.05, 4.69) is 208 Å². The Kier molecular flexibility index (Phi) is 8.34. The molecule has 65 heavy (non-hydrogen) atoms. The maximum Gasteiger partial charge on any atom is 0.164 e. The summed E-state index contributed by atoms with van der Waals surface area (Å²) in [6, 6.07) is 77.3. The molecule has 2 aromatic heterocycles. The number of benzene rings is 9. The summed E-state index contributed by atoms with van der Waals surface area (Å²) in [6.07, 6.45) is 0. The van der Waals surface area contributed by atoms with Gasteiger partial charge in [0.25, 0.3) is 0 Å². The topological polar surface area (TPSA) is 38.7 Å². The van der Waals surface area contributed by atoms with Crippen molar-refractivity contribution in [2.24, 2.45) is 0 Å². The molecule has 0 saturated carbocycles. The molecule has 2 aliphatic rings. The van der Waals surface area contributed by atoms with Crippen LogP contribution in [0.15, 0.2) is 212 Å². The molecule has 0 radical (unpaired) electrons. The summed E-state index contributed by atoms with van der Waals surface area (Å²) in [5.74, 6) is 1.93. The van der Waals surface area contributed by atoms with Crippen molar-refractivity contribution in [3.8, 4) is 67.5 Å². The molecule has 0 fully saturated rings. The Morgan fingerprint density at radius 3 is 1.52 bits per heavy atom. The van der Waals surface area contributed by atoms with Gasteiger partial charge in [0, 0.05) is 42.3 Å². The van der Waals surface area contributed by atoms with E-state index in [0.29, 0.717) is 17.5 Å². The van der Waals surface area contributed by atoms with E-state index >= 15 is 0 Å². The highest BCUT2D eigenvalue weighted by Gasteiger charge is 2.54. The lowest BCUT2D eigenvalue weighted by Crippen LogP contribution is -2.40. The zero-order chi connectivity index (χ0) is 43.3. The predicted molar refractivity (Wildman–Crippen MR) is 269 cm³/mol. The second-order valence-corrected chi connectivity index (χ2v) is 19.0. The standard InChI is InChI=1S/C61H41N3S/c1-60(2)49-22-10-12-24-51(49)61(52-25-13-11-23-50(52)60)48-35-33-42(43-32-34-45-44-20-9-14-27-54(44)65-55(45)37-43)36-47(48)56-46(21-15-26-53(56)61)59-63-57(40-18-7-4-8-19-40)62-58(64-59)41-30-28-39(29-31-41)38-16-5-3-6-17-38/h3-37H,1-2H3. The molecule has 2 aliphatic carbocycles. The van der Waals surface area contributed by atoms with Crippen molar-refractivity contribution >= 4 is 31.5 Å². The molecule has 13 rings (SSSR count). The summed E-state index contributed by atoms with van der Waals surface area (Å²) in [5.41, 5.74) is 17.0. The number of rotatable bonds is 5. The lowest BCUT2D eigenvalue weighted by molar-refractivity contribution is 0.563. The van der Waals surface area contributed by atoms with Crippen LogP contribution < -0.4 is 0 Å². The molecule has 0 atom stereocenters. The first-order valence-corrected chi connectivity index (χ1v) is 23.2. The molecule has 9 aromatic carbocycles. The van der Waals surface area contributed by atoms with E-state index in [1.165, 1.54) is 75.8 Å². The van der Waals surface area contributed by atoms with Crippen molar-refractivity contribution in [2.45, 2.75) is 24.7 Å². The van der Waals surface area contributed by atoms with E-state index < -0.39 is 5.41 Å². The lowest BCUT2D eigenvalue weighted by atomic mass is 9.55. The normalized spacial score (nSPS) is 13.9. The van der Waals surface area contributed by atoms with Crippen molar-refractivity contribution in [1.29, 1.82) is 0 Å². The third-order valence-corrected chi connectivity index (χ3v) is 15.2. The highest BCUT2D eigenvalue weighted by molar-refractivity contribution is 7.25. The average molecular weight is 848 g/mol. The summed E-state index contributed by atoms with van der Waals surface area (Å²) in [5, 5.41) is 2.61. The highest BCUT2D eigenvalue weighted by atomic mass is 32.1. The number of fused-ring (bicyclic) bond motifs is 12. The van der Waals surface area contributed by atoms with Crippen LogP contribution >= 0.6 is 11.3 Å². The molecule has 0 bridgehead atoms. The molecule has 4 heteroatoms. The Labute approximate surface area is 382 Å². The van der Waals surface area contributed by atoms with Gasteiger partial charge in [-0.15, -0.1) is 11.3 Å². The van der Waals surface area contributed by atoms with Crippen molar-refractivity contribution in [3.05, 3.63) is 246 Å². The number of aromatic nitrogens is 3.